The van der Waals surface area contributed by atoms with Crippen molar-refractivity contribution in [3.63, 3.8) is 0 Å². The number of nitrogens with two attached hydrogens (primary N) is 1. The van der Waals surface area contributed by atoms with Crippen molar-refractivity contribution in [1.82, 2.24) is 9.97 Å². The average molecular weight is 262 g/mol. The summed E-state index contributed by atoms with van der Waals surface area (Å²) in [6.07, 6.45) is 1.62. The quantitative estimate of drug-likeness (QED) is 0.681. The summed E-state index contributed by atoms with van der Waals surface area (Å²) < 4.78 is 1.07. The maximum Gasteiger partial charge on any atom is 0.143 e. The molecule has 0 unspecified atom stereocenters. The lowest BCUT2D eigenvalue weighted by Crippen LogP contribution is -1.82. The van der Waals surface area contributed by atoms with Crippen LogP contribution in [0.5, 0.6) is 0 Å². The number of nitrogen functional groups attached to an aromatic ring is 1. The second-order valence-electron chi connectivity index (χ2n) is 3.61. The number of thiazole rings is 1. The van der Waals surface area contributed by atoms with Crippen molar-refractivity contribution in [2.24, 2.45) is 0 Å². The van der Waals surface area contributed by atoms with E-state index in [0.29, 0.717) is 5.02 Å². The van der Waals surface area contributed by atoms with E-state index < -0.39 is 0 Å². The van der Waals surface area contributed by atoms with Crippen LogP contribution in [0.25, 0.3) is 20.9 Å². The zero-order chi connectivity index (χ0) is 11.8. The van der Waals surface area contributed by atoms with Crippen LogP contribution in [0.15, 0.2) is 36.5 Å². The van der Waals surface area contributed by atoms with Crippen LogP contribution < -0.4 is 5.73 Å². The largest absolute Gasteiger partial charge is 0.399 e. The predicted molar refractivity (Wildman–Crippen MR) is 72.3 cm³/mol. The number of benzene rings is 1. The zero-order valence-electron chi connectivity index (χ0n) is 8.72. The van der Waals surface area contributed by atoms with E-state index >= 15 is 0 Å². The molecule has 2 aromatic heterocycles. The lowest BCUT2D eigenvalue weighted by Gasteiger charge is -1.93. The molecule has 0 aliphatic heterocycles. The van der Waals surface area contributed by atoms with Crippen molar-refractivity contribution < 1.29 is 0 Å². The fourth-order valence-electron chi connectivity index (χ4n) is 1.55. The first-order valence-electron chi connectivity index (χ1n) is 5.00. The topological polar surface area (TPSA) is 51.8 Å². The molecule has 0 atom stereocenters. The maximum atomic E-state index is 5.80. The molecule has 0 fully saturated rings. The molecule has 2 heterocycles. The molecule has 0 bridgehead atoms. The number of hydrogen-bond acceptors (Lipinski definition) is 4. The van der Waals surface area contributed by atoms with Gasteiger partial charge in [-0.2, -0.15) is 0 Å². The minimum Gasteiger partial charge on any atom is -0.399 e. The standard InChI is InChI=1S/C12H8ClN3S/c13-7-1-3-10(15-6-7)12-16-9-4-2-8(14)5-11(9)17-12/h1-6H,14H2. The summed E-state index contributed by atoms with van der Waals surface area (Å²) in [4.78, 5) is 8.76. The van der Waals surface area contributed by atoms with Gasteiger partial charge in [0.05, 0.1) is 20.9 Å². The van der Waals surface area contributed by atoms with Crippen LogP contribution in [0.3, 0.4) is 0 Å². The highest BCUT2D eigenvalue weighted by Gasteiger charge is 2.07. The van der Waals surface area contributed by atoms with Crippen LogP contribution in [0.1, 0.15) is 0 Å². The van der Waals surface area contributed by atoms with Crippen molar-refractivity contribution in [3.05, 3.63) is 41.6 Å². The van der Waals surface area contributed by atoms with Crippen molar-refractivity contribution >= 4 is 38.8 Å². The zero-order valence-corrected chi connectivity index (χ0v) is 10.3. The van der Waals surface area contributed by atoms with Gasteiger partial charge in [-0.25, -0.2) is 4.98 Å². The minimum atomic E-state index is 0.624. The van der Waals surface area contributed by atoms with Crippen molar-refractivity contribution in [1.29, 1.82) is 0 Å². The summed E-state index contributed by atoms with van der Waals surface area (Å²) in [5.41, 5.74) is 8.25. The normalized spacial score (nSPS) is 10.9. The molecular weight excluding hydrogens is 254 g/mol. The minimum absolute atomic E-state index is 0.624. The first-order valence-corrected chi connectivity index (χ1v) is 6.20. The molecule has 1 aromatic carbocycles. The summed E-state index contributed by atoms with van der Waals surface area (Å²) in [5.74, 6) is 0. The van der Waals surface area contributed by atoms with Crippen LogP contribution in [-0.2, 0) is 0 Å². The molecule has 0 amide bonds. The Bertz CT molecular complexity index is 676. The van der Waals surface area contributed by atoms with Crippen molar-refractivity contribution in [3.8, 4) is 10.7 Å². The van der Waals surface area contributed by atoms with E-state index in [0.717, 1.165) is 26.6 Å². The molecule has 0 saturated carbocycles. The number of aromatic nitrogens is 2. The Hall–Kier alpha value is -1.65. The van der Waals surface area contributed by atoms with Crippen LogP contribution in [-0.4, -0.2) is 9.97 Å². The summed E-state index contributed by atoms with van der Waals surface area (Å²) in [7, 11) is 0. The van der Waals surface area contributed by atoms with Gasteiger partial charge in [-0.05, 0) is 30.3 Å². The summed E-state index contributed by atoms with van der Waals surface area (Å²) >= 11 is 7.38. The number of rotatable bonds is 1. The van der Waals surface area contributed by atoms with E-state index in [2.05, 4.69) is 9.97 Å². The van der Waals surface area contributed by atoms with Crippen LogP contribution in [0, 0.1) is 0 Å². The molecule has 3 rings (SSSR count). The second-order valence-corrected chi connectivity index (χ2v) is 5.07. The van der Waals surface area contributed by atoms with Gasteiger partial charge in [0.15, 0.2) is 0 Å². The Morgan fingerprint density at radius 1 is 1.18 bits per heavy atom. The van der Waals surface area contributed by atoms with E-state index in [4.69, 9.17) is 17.3 Å². The van der Waals surface area contributed by atoms with E-state index in [1.165, 1.54) is 0 Å². The fraction of sp³-hybridized carbons (Fsp3) is 0. The van der Waals surface area contributed by atoms with E-state index in [9.17, 15) is 0 Å². The highest BCUT2D eigenvalue weighted by Crippen LogP contribution is 2.30. The number of halogens is 1. The molecule has 84 valence electrons. The molecule has 3 nitrogen and oxygen atoms in total. The second kappa shape index (κ2) is 3.98. The third-order valence-corrected chi connectivity index (χ3v) is 3.62. The molecule has 17 heavy (non-hydrogen) atoms. The van der Waals surface area contributed by atoms with Crippen LogP contribution in [0.2, 0.25) is 5.02 Å². The first-order chi connectivity index (χ1) is 8.22. The van der Waals surface area contributed by atoms with E-state index in [1.54, 1.807) is 17.5 Å². The van der Waals surface area contributed by atoms with Crippen molar-refractivity contribution in [2.45, 2.75) is 0 Å². The molecule has 0 saturated heterocycles. The summed E-state index contributed by atoms with van der Waals surface area (Å²) in [6, 6.07) is 9.36. The van der Waals surface area contributed by atoms with Gasteiger partial charge in [0.25, 0.3) is 0 Å². The molecule has 0 radical (unpaired) electrons. The maximum absolute atomic E-state index is 5.80. The Labute approximate surface area is 107 Å². The monoisotopic (exact) mass is 261 g/mol. The van der Waals surface area contributed by atoms with E-state index in [-0.39, 0.29) is 0 Å². The smallest absolute Gasteiger partial charge is 0.143 e. The molecule has 0 spiro atoms. The Morgan fingerprint density at radius 2 is 2.06 bits per heavy atom. The van der Waals surface area contributed by atoms with Gasteiger partial charge in [-0.1, -0.05) is 11.6 Å². The van der Waals surface area contributed by atoms with Crippen LogP contribution >= 0.6 is 22.9 Å². The Morgan fingerprint density at radius 3 is 2.82 bits per heavy atom. The first kappa shape index (κ1) is 10.5. The molecule has 0 aliphatic carbocycles. The SMILES string of the molecule is Nc1ccc2nc(-c3ccc(Cl)cn3)sc2c1. The van der Waals surface area contributed by atoms with Gasteiger partial charge in [-0.3, -0.25) is 4.98 Å². The number of hydrogen-bond donors (Lipinski definition) is 1. The van der Waals surface area contributed by atoms with Crippen molar-refractivity contribution in [2.75, 3.05) is 5.73 Å². The molecule has 3 aromatic rings. The number of anilines is 1. The predicted octanol–water partition coefficient (Wildman–Crippen LogP) is 3.59. The highest BCUT2D eigenvalue weighted by atomic mass is 35.5. The molecular formula is C12H8ClN3S. The molecule has 5 heteroatoms. The third kappa shape index (κ3) is 1.97. The Kier molecular flexibility index (Phi) is 2.46. The lowest BCUT2D eigenvalue weighted by atomic mass is 10.3. The van der Waals surface area contributed by atoms with E-state index in [1.807, 2.05) is 30.3 Å². The number of pyridine rings is 1. The number of nitrogens with zero attached hydrogens (tertiary/aromatic N) is 2. The van der Waals surface area contributed by atoms with Gasteiger partial charge in [-0.15, -0.1) is 11.3 Å². The Balaban J connectivity index is 2.14. The van der Waals surface area contributed by atoms with Gasteiger partial charge in [0.1, 0.15) is 5.01 Å². The van der Waals surface area contributed by atoms with Gasteiger partial charge in [0.2, 0.25) is 0 Å². The summed E-state index contributed by atoms with van der Waals surface area (Å²) in [6.45, 7) is 0. The molecule has 2 N–H and O–H groups in total. The van der Waals surface area contributed by atoms with Gasteiger partial charge < -0.3 is 5.73 Å². The fourth-order valence-corrected chi connectivity index (χ4v) is 2.66. The number of fused-ring (bicyclic) bond motifs is 1. The third-order valence-electron chi connectivity index (χ3n) is 2.36. The lowest BCUT2D eigenvalue weighted by molar-refractivity contribution is 1.31. The van der Waals surface area contributed by atoms with Gasteiger partial charge in [0, 0.05) is 11.9 Å². The summed E-state index contributed by atoms with van der Waals surface area (Å²) in [5, 5.41) is 1.50. The van der Waals surface area contributed by atoms with Crippen LogP contribution in [0.4, 0.5) is 5.69 Å². The molecule has 0 aliphatic rings. The highest BCUT2D eigenvalue weighted by molar-refractivity contribution is 7.21. The average Bonchev–Trinajstić information content (AvgIpc) is 2.72. The van der Waals surface area contributed by atoms with Gasteiger partial charge >= 0.3 is 0 Å².